The molecular formula is C15H22N2O2. The summed E-state index contributed by atoms with van der Waals surface area (Å²) in [6.45, 7) is 6.63. The first kappa shape index (κ1) is 13.9. The van der Waals surface area contributed by atoms with E-state index in [1.165, 1.54) is 0 Å². The largest absolute Gasteiger partial charge is 0.482 e. The first-order valence-corrected chi connectivity index (χ1v) is 6.96. The van der Waals surface area contributed by atoms with Gasteiger partial charge in [-0.25, -0.2) is 0 Å². The Hall–Kier alpha value is -1.55. The van der Waals surface area contributed by atoms with Gasteiger partial charge < -0.3 is 15.4 Å². The van der Waals surface area contributed by atoms with Crippen LogP contribution in [0.4, 0.5) is 5.69 Å². The highest BCUT2D eigenvalue weighted by Gasteiger charge is 2.18. The van der Waals surface area contributed by atoms with Gasteiger partial charge in [0, 0.05) is 12.1 Å². The zero-order valence-corrected chi connectivity index (χ0v) is 11.8. The minimum Gasteiger partial charge on any atom is -0.482 e. The normalized spacial score (nSPS) is 15.7. The first-order valence-electron chi connectivity index (χ1n) is 6.96. The Balaban J connectivity index is 2.12. The van der Waals surface area contributed by atoms with Crippen molar-refractivity contribution in [3.63, 3.8) is 0 Å². The Bertz CT molecular complexity index is 455. The molecule has 1 heterocycles. The number of nitrogens with one attached hydrogen (secondary N) is 2. The molecule has 0 bridgehead atoms. The quantitative estimate of drug-likeness (QED) is 0.858. The van der Waals surface area contributed by atoms with Crippen LogP contribution in [-0.4, -0.2) is 18.6 Å². The maximum Gasteiger partial charge on any atom is 0.262 e. The van der Waals surface area contributed by atoms with Gasteiger partial charge in [0.05, 0.1) is 5.69 Å². The van der Waals surface area contributed by atoms with Crippen molar-refractivity contribution in [2.45, 2.75) is 45.7 Å². The van der Waals surface area contributed by atoms with Crippen molar-refractivity contribution in [1.82, 2.24) is 5.32 Å². The molecular weight excluding hydrogens is 240 g/mol. The Labute approximate surface area is 114 Å². The fourth-order valence-corrected chi connectivity index (χ4v) is 2.34. The van der Waals surface area contributed by atoms with Crippen LogP contribution in [0.25, 0.3) is 0 Å². The Morgan fingerprint density at radius 1 is 1.37 bits per heavy atom. The van der Waals surface area contributed by atoms with Gasteiger partial charge in [0.2, 0.25) is 0 Å². The fourth-order valence-electron chi connectivity index (χ4n) is 2.34. The van der Waals surface area contributed by atoms with Gasteiger partial charge in [-0.1, -0.05) is 19.9 Å². The molecule has 19 heavy (non-hydrogen) atoms. The number of anilines is 1. The van der Waals surface area contributed by atoms with E-state index in [9.17, 15) is 4.79 Å². The molecule has 4 heteroatoms. The molecule has 104 valence electrons. The third-order valence-electron chi connectivity index (χ3n) is 3.61. The molecule has 1 amide bonds. The van der Waals surface area contributed by atoms with Crippen LogP contribution in [0.2, 0.25) is 0 Å². The van der Waals surface area contributed by atoms with E-state index < -0.39 is 0 Å². The number of fused-ring (bicyclic) bond motifs is 1. The Morgan fingerprint density at radius 2 is 2.11 bits per heavy atom. The molecule has 1 aliphatic heterocycles. The molecule has 0 radical (unpaired) electrons. The van der Waals surface area contributed by atoms with Crippen LogP contribution in [-0.2, 0) is 4.79 Å². The van der Waals surface area contributed by atoms with Gasteiger partial charge in [-0.05, 0) is 37.5 Å². The number of rotatable bonds is 5. The topological polar surface area (TPSA) is 50.4 Å². The number of benzene rings is 1. The molecule has 0 aliphatic carbocycles. The maximum absolute atomic E-state index is 11.3. The summed E-state index contributed by atoms with van der Waals surface area (Å²) in [7, 11) is 0. The molecule has 0 saturated heterocycles. The van der Waals surface area contributed by atoms with E-state index in [1.54, 1.807) is 0 Å². The number of carbonyl (C=O) groups excluding carboxylic acids is 1. The average molecular weight is 262 g/mol. The second-order valence-corrected chi connectivity index (χ2v) is 4.99. The number of hydrogen-bond acceptors (Lipinski definition) is 3. The zero-order valence-electron chi connectivity index (χ0n) is 11.8. The lowest BCUT2D eigenvalue weighted by Crippen LogP contribution is -2.30. The summed E-state index contributed by atoms with van der Waals surface area (Å²) in [5.74, 6) is 0.656. The number of ether oxygens (including phenoxy) is 1. The van der Waals surface area contributed by atoms with Gasteiger partial charge in [0.15, 0.2) is 6.61 Å². The van der Waals surface area contributed by atoms with Crippen molar-refractivity contribution in [3.05, 3.63) is 23.8 Å². The fraction of sp³-hybridized carbons (Fsp3) is 0.533. The Morgan fingerprint density at radius 3 is 2.79 bits per heavy atom. The van der Waals surface area contributed by atoms with E-state index >= 15 is 0 Å². The lowest BCUT2D eigenvalue weighted by molar-refractivity contribution is -0.118. The van der Waals surface area contributed by atoms with Gasteiger partial charge in [0.1, 0.15) is 5.75 Å². The van der Waals surface area contributed by atoms with Crippen LogP contribution in [0.1, 0.15) is 45.2 Å². The van der Waals surface area contributed by atoms with E-state index in [0.717, 1.165) is 29.8 Å². The van der Waals surface area contributed by atoms with Crippen LogP contribution in [0.15, 0.2) is 18.2 Å². The predicted molar refractivity (Wildman–Crippen MR) is 76.5 cm³/mol. The summed E-state index contributed by atoms with van der Waals surface area (Å²) < 4.78 is 5.36. The van der Waals surface area contributed by atoms with E-state index in [1.807, 2.05) is 12.1 Å². The molecule has 0 saturated carbocycles. The smallest absolute Gasteiger partial charge is 0.262 e. The van der Waals surface area contributed by atoms with E-state index in [4.69, 9.17) is 4.74 Å². The molecule has 1 aromatic rings. The molecule has 2 rings (SSSR count). The first-order chi connectivity index (χ1) is 9.13. The second kappa shape index (κ2) is 6.06. The minimum absolute atomic E-state index is 0.0924. The third-order valence-corrected chi connectivity index (χ3v) is 3.61. The van der Waals surface area contributed by atoms with Gasteiger partial charge in [-0.15, -0.1) is 0 Å². The zero-order chi connectivity index (χ0) is 13.8. The SMILES string of the molecule is CCC(CC)NC(C)c1ccc2c(c1)NC(=O)CO2. The average Bonchev–Trinajstić information content (AvgIpc) is 2.43. The van der Waals surface area contributed by atoms with Crippen molar-refractivity contribution in [1.29, 1.82) is 0 Å². The molecule has 2 N–H and O–H groups in total. The number of hydrogen-bond donors (Lipinski definition) is 2. The van der Waals surface area contributed by atoms with Crippen molar-refractivity contribution >= 4 is 11.6 Å². The van der Waals surface area contributed by atoms with Crippen LogP contribution in [0.5, 0.6) is 5.75 Å². The lowest BCUT2D eigenvalue weighted by Gasteiger charge is -2.24. The summed E-state index contributed by atoms with van der Waals surface area (Å²) in [6.07, 6.45) is 2.23. The van der Waals surface area contributed by atoms with E-state index in [2.05, 4.69) is 37.5 Å². The standard InChI is InChI=1S/C15H22N2O2/c1-4-12(5-2)16-10(3)11-6-7-14-13(8-11)17-15(18)9-19-14/h6-8,10,12,16H,4-5,9H2,1-3H3,(H,17,18). The lowest BCUT2D eigenvalue weighted by atomic mass is 10.0. The molecule has 1 aliphatic rings. The highest BCUT2D eigenvalue weighted by molar-refractivity contribution is 5.95. The van der Waals surface area contributed by atoms with Crippen molar-refractivity contribution in [2.24, 2.45) is 0 Å². The summed E-state index contributed by atoms with van der Waals surface area (Å²) in [4.78, 5) is 11.3. The van der Waals surface area contributed by atoms with Gasteiger partial charge >= 0.3 is 0 Å². The molecule has 0 aromatic heterocycles. The van der Waals surface area contributed by atoms with Crippen LogP contribution < -0.4 is 15.4 Å². The minimum atomic E-state index is -0.0924. The Kier molecular flexibility index (Phi) is 4.43. The van der Waals surface area contributed by atoms with Crippen LogP contribution >= 0.6 is 0 Å². The molecule has 1 atom stereocenters. The molecule has 0 fully saturated rings. The molecule has 1 aromatic carbocycles. The summed E-state index contributed by atoms with van der Waals surface area (Å²) in [5.41, 5.74) is 1.93. The maximum atomic E-state index is 11.3. The van der Waals surface area contributed by atoms with Crippen LogP contribution in [0, 0.1) is 0 Å². The van der Waals surface area contributed by atoms with Crippen molar-refractivity contribution in [3.8, 4) is 5.75 Å². The molecule has 1 unspecified atom stereocenters. The van der Waals surface area contributed by atoms with Gasteiger partial charge in [-0.3, -0.25) is 4.79 Å². The third kappa shape index (κ3) is 3.26. The molecule has 4 nitrogen and oxygen atoms in total. The van der Waals surface area contributed by atoms with Gasteiger partial charge in [0.25, 0.3) is 5.91 Å². The van der Waals surface area contributed by atoms with E-state index in [0.29, 0.717) is 6.04 Å². The second-order valence-electron chi connectivity index (χ2n) is 4.99. The summed E-state index contributed by atoms with van der Waals surface area (Å²) in [5, 5.41) is 6.44. The van der Waals surface area contributed by atoms with Gasteiger partial charge in [-0.2, -0.15) is 0 Å². The predicted octanol–water partition coefficient (Wildman–Crippen LogP) is 2.86. The van der Waals surface area contributed by atoms with Crippen LogP contribution in [0.3, 0.4) is 0 Å². The summed E-state index contributed by atoms with van der Waals surface area (Å²) >= 11 is 0. The monoisotopic (exact) mass is 262 g/mol. The van der Waals surface area contributed by atoms with E-state index in [-0.39, 0.29) is 18.6 Å². The number of amides is 1. The van der Waals surface area contributed by atoms with Crippen molar-refractivity contribution < 1.29 is 9.53 Å². The number of carbonyl (C=O) groups is 1. The highest BCUT2D eigenvalue weighted by atomic mass is 16.5. The molecule has 0 spiro atoms. The summed E-state index contributed by atoms with van der Waals surface area (Å²) in [6, 6.07) is 6.75. The van der Waals surface area contributed by atoms with Crippen molar-refractivity contribution in [2.75, 3.05) is 11.9 Å². The highest BCUT2D eigenvalue weighted by Crippen LogP contribution is 2.30.